The number of hydrogen-bond donors (Lipinski definition) is 6. The van der Waals surface area contributed by atoms with E-state index < -0.39 is 0 Å². The van der Waals surface area contributed by atoms with Crippen LogP contribution >= 0.6 is 15.9 Å². The first-order valence-corrected chi connectivity index (χ1v) is 13.3. The van der Waals surface area contributed by atoms with Crippen molar-refractivity contribution >= 4 is 56.8 Å². The maximum Gasteiger partial charge on any atom is 0.241 e. The quantitative estimate of drug-likeness (QED) is 0.199. The van der Waals surface area contributed by atoms with Gasteiger partial charge in [-0.1, -0.05) is 6.07 Å². The smallest absolute Gasteiger partial charge is 0.241 e. The molecule has 1 aromatic heterocycles. The highest BCUT2D eigenvalue weighted by Gasteiger charge is 2.45. The van der Waals surface area contributed by atoms with Crippen LogP contribution in [0.1, 0.15) is 44.9 Å². The lowest BCUT2D eigenvalue weighted by Gasteiger charge is -2.14. The summed E-state index contributed by atoms with van der Waals surface area (Å²) in [5.41, 5.74) is 6.51. The van der Waals surface area contributed by atoms with Gasteiger partial charge in [0, 0.05) is 43.5 Å². The molecule has 2 heterocycles. The van der Waals surface area contributed by atoms with Gasteiger partial charge >= 0.3 is 0 Å². The molecule has 0 unspecified atom stereocenters. The molecule has 1 aliphatic carbocycles. The Morgan fingerprint density at radius 1 is 1.16 bits per heavy atom. The standard InChI is InChI=1S/C25H33BrN8O3/c26-18-15-31-24(33-17-5-1-4-16(12-17)32-23(37)19-6-2-9-28-19)34-22(18)30-11-3-10-29-21(36)14-25(7-8-25)13-20(27)35/h1,4-5,12,15,19,28H,2-3,6-11,13-14H2,(H2,27,35)(H,29,36)(H,32,37)(H2,30,31,33,34)/t19-/m0/s1. The number of amides is 3. The molecular formula is C25H33BrN8O3. The summed E-state index contributed by atoms with van der Waals surface area (Å²) in [6.45, 7) is 1.98. The van der Waals surface area contributed by atoms with Crippen LogP contribution in [0.25, 0.3) is 0 Å². The van der Waals surface area contributed by atoms with Crippen molar-refractivity contribution in [2.75, 3.05) is 35.6 Å². The van der Waals surface area contributed by atoms with Gasteiger partial charge in [-0.05, 0) is 78.2 Å². The van der Waals surface area contributed by atoms with Crippen molar-refractivity contribution in [3.8, 4) is 0 Å². The van der Waals surface area contributed by atoms with Crippen LogP contribution in [0.4, 0.5) is 23.1 Å². The number of hydrogen-bond acceptors (Lipinski definition) is 8. The Hall–Kier alpha value is -3.25. The van der Waals surface area contributed by atoms with Gasteiger partial charge < -0.3 is 32.3 Å². The highest BCUT2D eigenvalue weighted by molar-refractivity contribution is 9.10. The van der Waals surface area contributed by atoms with Crippen molar-refractivity contribution in [1.82, 2.24) is 20.6 Å². The van der Waals surface area contributed by atoms with Crippen LogP contribution in [0.3, 0.4) is 0 Å². The first-order chi connectivity index (χ1) is 17.8. The molecule has 1 aromatic carbocycles. The molecule has 37 heavy (non-hydrogen) atoms. The Bertz CT molecular complexity index is 1130. The maximum absolute atomic E-state index is 12.4. The number of benzene rings is 1. The van der Waals surface area contributed by atoms with Crippen LogP contribution in [-0.2, 0) is 14.4 Å². The minimum absolute atomic E-state index is 0.0325. The molecule has 4 rings (SSSR count). The summed E-state index contributed by atoms with van der Waals surface area (Å²) in [6, 6.07) is 7.26. The second kappa shape index (κ2) is 12.3. The number of carbonyl (C=O) groups is 3. The topological polar surface area (TPSA) is 163 Å². The molecule has 198 valence electrons. The SMILES string of the molecule is NC(=O)CC1(CC(=O)NCCCNc2nc(Nc3cccc(NC(=O)[C@@H]4CCCN4)c3)ncc2Br)CC1. The second-order valence-corrected chi connectivity index (χ2v) is 10.5. The summed E-state index contributed by atoms with van der Waals surface area (Å²) in [6.07, 6.45) is 6.58. The van der Waals surface area contributed by atoms with E-state index in [1.807, 2.05) is 24.3 Å². The van der Waals surface area contributed by atoms with Crippen molar-refractivity contribution in [2.24, 2.45) is 11.1 Å². The van der Waals surface area contributed by atoms with Crippen LogP contribution in [0.2, 0.25) is 0 Å². The Morgan fingerprint density at radius 3 is 2.70 bits per heavy atom. The summed E-state index contributed by atoms with van der Waals surface area (Å²) in [5.74, 6) is 0.597. The first kappa shape index (κ1) is 26.8. The molecule has 1 aliphatic heterocycles. The lowest BCUT2D eigenvalue weighted by Crippen LogP contribution is -2.35. The molecule has 12 heteroatoms. The summed E-state index contributed by atoms with van der Waals surface area (Å²) >= 11 is 3.46. The number of nitrogens with two attached hydrogens (primary N) is 1. The minimum atomic E-state index is -0.352. The molecule has 0 bridgehead atoms. The summed E-state index contributed by atoms with van der Waals surface area (Å²) in [4.78, 5) is 44.6. The normalized spacial score (nSPS) is 17.6. The fourth-order valence-electron chi connectivity index (χ4n) is 4.38. The number of nitrogens with zero attached hydrogens (tertiary/aromatic N) is 2. The van der Waals surface area contributed by atoms with Gasteiger partial charge in [0.2, 0.25) is 23.7 Å². The van der Waals surface area contributed by atoms with Crippen LogP contribution in [0.5, 0.6) is 0 Å². The molecule has 0 spiro atoms. The van der Waals surface area contributed by atoms with Crippen molar-refractivity contribution in [3.63, 3.8) is 0 Å². The summed E-state index contributed by atoms with van der Waals surface area (Å²) in [5, 5.41) is 15.5. The highest BCUT2D eigenvalue weighted by Crippen LogP contribution is 2.51. The van der Waals surface area contributed by atoms with E-state index in [0.29, 0.717) is 47.9 Å². The van der Waals surface area contributed by atoms with Gasteiger partial charge in [0.15, 0.2) is 0 Å². The molecule has 2 fully saturated rings. The van der Waals surface area contributed by atoms with Crippen LogP contribution in [0, 0.1) is 5.41 Å². The Kier molecular flexibility index (Phi) is 8.93. The number of nitrogens with one attached hydrogen (secondary N) is 5. The van der Waals surface area contributed by atoms with E-state index in [1.54, 1.807) is 6.20 Å². The fraction of sp³-hybridized carbons (Fsp3) is 0.480. The van der Waals surface area contributed by atoms with Gasteiger partial charge in [-0.3, -0.25) is 14.4 Å². The van der Waals surface area contributed by atoms with Gasteiger partial charge in [0.25, 0.3) is 0 Å². The van der Waals surface area contributed by atoms with Crippen molar-refractivity contribution < 1.29 is 14.4 Å². The molecule has 1 atom stereocenters. The van der Waals surface area contributed by atoms with Gasteiger partial charge in [0.1, 0.15) is 5.82 Å². The summed E-state index contributed by atoms with van der Waals surface area (Å²) in [7, 11) is 0. The number of carbonyl (C=O) groups excluding carboxylic acids is 3. The van der Waals surface area contributed by atoms with E-state index in [1.165, 1.54) is 0 Å². The Labute approximate surface area is 224 Å². The number of anilines is 4. The largest absolute Gasteiger partial charge is 0.370 e. The van der Waals surface area contributed by atoms with E-state index >= 15 is 0 Å². The molecular weight excluding hydrogens is 540 g/mol. The zero-order valence-electron chi connectivity index (χ0n) is 20.6. The molecule has 0 radical (unpaired) electrons. The predicted molar refractivity (Wildman–Crippen MR) is 145 cm³/mol. The average molecular weight is 573 g/mol. The van der Waals surface area contributed by atoms with Crippen LogP contribution in [-0.4, -0.2) is 53.4 Å². The van der Waals surface area contributed by atoms with E-state index in [0.717, 1.165) is 37.9 Å². The molecule has 7 N–H and O–H groups in total. The van der Waals surface area contributed by atoms with Gasteiger partial charge in [0.05, 0.1) is 10.5 Å². The van der Waals surface area contributed by atoms with Gasteiger partial charge in [-0.2, -0.15) is 4.98 Å². The van der Waals surface area contributed by atoms with Crippen molar-refractivity contribution in [3.05, 3.63) is 34.9 Å². The van der Waals surface area contributed by atoms with Crippen molar-refractivity contribution in [1.29, 1.82) is 0 Å². The van der Waals surface area contributed by atoms with Crippen LogP contribution in [0.15, 0.2) is 34.9 Å². The molecule has 1 saturated heterocycles. The average Bonchev–Trinajstić information content (AvgIpc) is 3.36. The lowest BCUT2D eigenvalue weighted by molar-refractivity contribution is -0.123. The monoisotopic (exact) mass is 572 g/mol. The summed E-state index contributed by atoms with van der Waals surface area (Å²) < 4.78 is 0.717. The predicted octanol–water partition coefficient (Wildman–Crippen LogP) is 2.64. The fourth-order valence-corrected chi connectivity index (χ4v) is 4.71. The number of halogens is 1. The molecule has 1 saturated carbocycles. The van der Waals surface area contributed by atoms with E-state index in [9.17, 15) is 14.4 Å². The number of primary amides is 1. The maximum atomic E-state index is 12.4. The van der Waals surface area contributed by atoms with Gasteiger partial charge in [-0.25, -0.2) is 4.98 Å². The van der Waals surface area contributed by atoms with Crippen molar-refractivity contribution in [2.45, 2.75) is 51.0 Å². The molecule has 3 amide bonds. The van der Waals surface area contributed by atoms with E-state index in [2.05, 4.69) is 52.5 Å². The first-order valence-electron chi connectivity index (χ1n) is 12.5. The second-order valence-electron chi connectivity index (χ2n) is 9.68. The highest BCUT2D eigenvalue weighted by atomic mass is 79.9. The zero-order valence-corrected chi connectivity index (χ0v) is 22.2. The minimum Gasteiger partial charge on any atom is -0.370 e. The third-order valence-corrected chi connectivity index (χ3v) is 7.10. The molecule has 2 aromatic rings. The lowest BCUT2D eigenvalue weighted by atomic mass is 9.97. The number of rotatable bonds is 13. The third kappa shape index (κ3) is 8.12. The van der Waals surface area contributed by atoms with Gasteiger partial charge in [-0.15, -0.1) is 0 Å². The van der Waals surface area contributed by atoms with Crippen LogP contribution < -0.4 is 32.3 Å². The van der Waals surface area contributed by atoms with E-state index in [-0.39, 0.29) is 35.6 Å². The molecule has 11 nitrogen and oxygen atoms in total. The number of aromatic nitrogens is 2. The Morgan fingerprint density at radius 2 is 1.97 bits per heavy atom. The zero-order chi connectivity index (χ0) is 26.3. The Balaban J connectivity index is 1.22. The molecule has 2 aliphatic rings. The third-order valence-electron chi connectivity index (χ3n) is 6.52. The van der Waals surface area contributed by atoms with E-state index in [4.69, 9.17) is 5.73 Å².